The van der Waals surface area contributed by atoms with Crippen molar-refractivity contribution in [3.05, 3.63) is 71.9 Å². The maximum Gasteiger partial charge on any atom is 0.419 e. The molecule has 1 aliphatic heterocycles. The zero-order chi connectivity index (χ0) is 26.9. The Morgan fingerprint density at radius 3 is 2.68 bits per heavy atom. The number of thioether (sulfide) groups is 1. The van der Waals surface area contributed by atoms with E-state index in [4.69, 9.17) is 0 Å². The van der Waals surface area contributed by atoms with Crippen LogP contribution in [0.2, 0.25) is 0 Å². The predicted molar refractivity (Wildman–Crippen MR) is 136 cm³/mol. The Morgan fingerprint density at radius 1 is 1.18 bits per heavy atom. The van der Waals surface area contributed by atoms with Crippen LogP contribution in [0.3, 0.4) is 0 Å². The molecule has 1 amide bonds. The standard InChI is InChI=1S/C25H23F4N7OS/c1-38-17-5-2-15(3-6-17)11-31-24(37)21-13-35(9-8-30-21)23-18-12-36(34-22(18)32-14-33-23)16-4-7-19(20(26)10-16)25(27,28)29/h2-7,10,12,14,21,30H,8-9,11,13H2,1H3,(H,31,37)/t21-/m1/s1. The molecule has 0 spiro atoms. The van der Waals surface area contributed by atoms with Crippen LogP contribution < -0.4 is 15.5 Å². The molecule has 4 aromatic rings. The first kappa shape index (κ1) is 25.9. The van der Waals surface area contributed by atoms with E-state index in [1.807, 2.05) is 35.4 Å². The number of amides is 1. The summed E-state index contributed by atoms with van der Waals surface area (Å²) < 4.78 is 54.2. The van der Waals surface area contributed by atoms with Gasteiger partial charge in [0.25, 0.3) is 0 Å². The number of hydrogen-bond acceptors (Lipinski definition) is 7. The molecule has 8 nitrogen and oxygen atoms in total. The van der Waals surface area contributed by atoms with Crippen molar-refractivity contribution < 1.29 is 22.4 Å². The predicted octanol–water partition coefficient (Wildman–Crippen LogP) is 3.79. The highest BCUT2D eigenvalue weighted by Crippen LogP contribution is 2.32. The molecular weight excluding hydrogens is 522 g/mol. The quantitative estimate of drug-likeness (QED) is 0.282. The van der Waals surface area contributed by atoms with E-state index in [1.165, 1.54) is 11.0 Å². The lowest BCUT2D eigenvalue weighted by atomic mass is 10.1. The van der Waals surface area contributed by atoms with Gasteiger partial charge in [0.1, 0.15) is 24.0 Å². The molecule has 3 heterocycles. The highest BCUT2D eigenvalue weighted by atomic mass is 32.2. The zero-order valence-electron chi connectivity index (χ0n) is 20.2. The fraction of sp³-hybridized carbons (Fsp3) is 0.280. The van der Waals surface area contributed by atoms with Crippen LogP contribution in [0.4, 0.5) is 23.4 Å². The number of benzene rings is 2. The molecule has 198 valence electrons. The molecule has 0 aliphatic carbocycles. The second-order valence-corrected chi connectivity index (χ2v) is 9.57. The van der Waals surface area contributed by atoms with Crippen molar-refractivity contribution in [3.63, 3.8) is 0 Å². The minimum atomic E-state index is -4.79. The summed E-state index contributed by atoms with van der Waals surface area (Å²) in [4.78, 5) is 24.5. The molecule has 2 aromatic carbocycles. The van der Waals surface area contributed by atoms with Crippen LogP contribution in [-0.2, 0) is 17.5 Å². The van der Waals surface area contributed by atoms with Gasteiger partial charge in [0.15, 0.2) is 5.65 Å². The SMILES string of the molecule is CSc1ccc(CNC(=O)[C@H]2CN(c3ncnc4nn(-c5ccc(C(F)(F)F)c(F)c5)cc34)CCN2)cc1. The number of rotatable bonds is 6. The molecule has 38 heavy (non-hydrogen) atoms. The topological polar surface area (TPSA) is 88.0 Å². The number of alkyl halides is 3. The van der Waals surface area contributed by atoms with Crippen molar-refractivity contribution in [1.29, 1.82) is 0 Å². The molecule has 0 radical (unpaired) electrons. The molecule has 0 saturated carbocycles. The third kappa shape index (κ3) is 5.43. The lowest BCUT2D eigenvalue weighted by molar-refractivity contribution is -0.140. The third-order valence-electron chi connectivity index (χ3n) is 6.24. The first-order chi connectivity index (χ1) is 18.2. The molecule has 0 bridgehead atoms. The molecule has 2 N–H and O–H groups in total. The van der Waals surface area contributed by atoms with Crippen molar-refractivity contribution in [2.24, 2.45) is 0 Å². The number of piperazine rings is 1. The number of fused-ring (bicyclic) bond motifs is 1. The largest absolute Gasteiger partial charge is 0.419 e. The molecule has 2 aromatic heterocycles. The maximum atomic E-state index is 14.1. The van der Waals surface area contributed by atoms with Crippen LogP contribution in [0.25, 0.3) is 16.7 Å². The van der Waals surface area contributed by atoms with E-state index in [9.17, 15) is 22.4 Å². The van der Waals surface area contributed by atoms with Crippen LogP contribution in [0.5, 0.6) is 0 Å². The van der Waals surface area contributed by atoms with Gasteiger partial charge >= 0.3 is 6.18 Å². The van der Waals surface area contributed by atoms with Gasteiger partial charge < -0.3 is 15.5 Å². The van der Waals surface area contributed by atoms with Crippen molar-refractivity contribution in [2.45, 2.75) is 23.7 Å². The maximum absolute atomic E-state index is 14.1. The summed E-state index contributed by atoms with van der Waals surface area (Å²) in [6.45, 7) is 1.83. The Hall–Kier alpha value is -3.71. The fourth-order valence-corrected chi connectivity index (χ4v) is 4.67. The van der Waals surface area contributed by atoms with E-state index in [-0.39, 0.29) is 11.6 Å². The van der Waals surface area contributed by atoms with Crippen molar-refractivity contribution >= 4 is 34.5 Å². The molecule has 1 saturated heterocycles. The first-order valence-corrected chi connectivity index (χ1v) is 12.9. The van der Waals surface area contributed by atoms with Gasteiger partial charge in [0.2, 0.25) is 5.91 Å². The van der Waals surface area contributed by atoms with Gasteiger partial charge in [-0.05, 0) is 36.1 Å². The van der Waals surface area contributed by atoms with Gasteiger partial charge in [-0.1, -0.05) is 12.1 Å². The van der Waals surface area contributed by atoms with Gasteiger partial charge in [0, 0.05) is 43.3 Å². The lowest BCUT2D eigenvalue weighted by Gasteiger charge is -2.33. The van der Waals surface area contributed by atoms with Gasteiger partial charge in [-0.15, -0.1) is 16.9 Å². The Bertz CT molecular complexity index is 1460. The van der Waals surface area contributed by atoms with E-state index < -0.39 is 23.6 Å². The number of aromatic nitrogens is 4. The second kappa shape index (κ2) is 10.6. The van der Waals surface area contributed by atoms with Gasteiger partial charge in [-0.25, -0.2) is 19.0 Å². The Labute approximate surface area is 219 Å². The summed E-state index contributed by atoms with van der Waals surface area (Å²) in [6, 6.07) is 10.1. The summed E-state index contributed by atoms with van der Waals surface area (Å²) in [7, 11) is 0. The Morgan fingerprint density at radius 2 is 1.97 bits per heavy atom. The number of anilines is 1. The van der Waals surface area contributed by atoms with Crippen LogP contribution >= 0.6 is 11.8 Å². The highest BCUT2D eigenvalue weighted by Gasteiger charge is 2.34. The molecule has 0 unspecified atom stereocenters. The van der Waals surface area contributed by atoms with Crippen LogP contribution in [0, 0.1) is 5.82 Å². The molecule has 1 fully saturated rings. The number of carbonyl (C=O) groups excluding carboxylic acids is 1. The normalized spacial score (nSPS) is 16.1. The Kier molecular flexibility index (Phi) is 7.21. The monoisotopic (exact) mass is 545 g/mol. The minimum Gasteiger partial charge on any atom is -0.353 e. The third-order valence-corrected chi connectivity index (χ3v) is 6.98. The molecular formula is C25H23F4N7OS. The van der Waals surface area contributed by atoms with Crippen molar-refractivity contribution in [2.75, 3.05) is 30.8 Å². The molecule has 5 rings (SSSR count). The molecule has 13 heteroatoms. The van der Waals surface area contributed by atoms with E-state index in [2.05, 4.69) is 25.7 Å². The average molecular weight is 546 g/mol. The molecule has 1 atom stereocenters. The zero-order valence-corrected chi connectivity index (χ0v) is 21.0. The average Bonchev–Trinajstić information content (AvgIpc) is 3.36. The van der Waals surface area contributed by atoms with Crippen molar-refractivity contribution in [1.82, 2.24) is 30.4 Å². The highest BCUT2D eigenvalue weighted by molar-refractivity contribution is 7.98. The summed E-state index contributed by atoms with van der Waals surface area (Å²) in [5.41, 5.74) is 0.0557. The smallest absolute Gasteiger partial charge is 0.353 e. The van der Waals surface area contributed by atoms with Crippen LogP contribution in [0.1, 0.15) is 11.1 Å². The summed E-state index contributed by atoms with van der Waals surface area (Å²) in [5.74, 6) is -1.01. The second-order valence-electron chi connectivity index (χ2n) is 8.69. The minimum absolute atomic E-state index is 0.113. The fourth-order valence-electron chi connectivity index (χ4n) is 4.26. The summed E-state index contributed by atoms with van der Waals surface area (Å²) in [6.07, 6.45) is 0.0854. The van der Waals surface area contributed by atoms with Crippen molar-refractivity contribution in [3.8, 4) is 5.69 Å². The summed E-state index contributed by atoms with van der Waals surface area (Å²) in [5, 5.41) is 11.0. The van der Waals surface area contributed by atoms with E-state index >= 15 is 0 Å². The Balaban J connectivity index is 1.32. The number of hydrogen-bond donors (Lipinski definition) is 2. The number of carbonyl (C=O) groups is 1. The number of nitrogens with one attached hydrogen (secondary N) is 2. The molecule has 1 aliphatic rings. The van der Waals surface area contributed by atoms with Gasteiger partial charge in [0.05, 0.1) is 16.6 Å². The van der Waals surface area contributed by atoms with Crippen LogP contribution in [-0.4, -0.2) is 57.6 Å². The van der Waals surface area contributed by atoms with E-state index in [0.717, 1.165) is 22.6 Å². The number of halogens is 4. The van der Waals surface area contributed by atoms with E-state index in [0.29, 0.717) is 49.1 Å². The lowest BCUT2D eigenvalue weighted by Crippen LogP contribution is -2.57. The van der Waals surface area contributed by atoms with Gasteiger partial charge in [-0.2, -0.15) is 13.2 Å². The van der Waals surface area contributed by atoms with E-state index in [1.54, 1.807) is 18.0 Å². The first-order valence-electron chi connectivity index (χ1n) is 11.7. The number of nitrogens with zero attached hydrogens (tertiary/aromatic N) is 5. The van der Waals surface area contributed by atoms with Gasteiger partial charge in [-0.3, -0.25) is 4.79 Å². The summed E-state index contributed by atoms with van der Waals surface area (Å²) >= 11 is 1.65. The van der Waals surface area contributed by atoms with Crippen LogP contribution in [0.15, 0.2) is 59.9 Å².